The number of rotatable bonds is 1. The molecule has 0 saturated carbocycles. The topological polar surface area (TPSA) is 78.4 Å². The van der Waals surface area contributed by atoms with Gasteiger partial charge in [-0.15, -0.1) is 0 Å². The predicted molar refractivity (Wildman–Crippen MR) is 74.6 cm³/mol. The summed E-state index contributed by atoms with van der Waals surface area (Å²) in [7, 11) is 0. The second-order valence-corrected chi connectivity index (χ2v) is 5.94. The fourth-order valence-corrected chi connectivity index (χ4v) is 3.36. The van der Waals surface area contributed by atoms with Crippen molar-refractivity contribution in [1.82, 2.24) is 15.3 Å². The Hall–Kier alpha value is -1.40. The van der Waals surface area contributed by atoms with Crippen LogP contribution in [0.1, 0.15) is 19.3 Å². The van der Waals surface area contributed by atoms with Gasteiger partial charge in [-0.1, -0.05) is 11.6 Å². The molecular formula is C13H17ClN4O2. The number of halogens is 1. The third-order valence-electron chi connectivity index (χ3n) is 4.27. The molecule has 2 N–H and O–H groups in total. The molecule has 2 aliphatic heterocycles. The standard InChI is InChI=1S/C13H17ClN4O2/c14-10-7-15-8-17-11(10)18-3-1-13(2-4-18)5-9(19)6-16-12(13)20/h7-9,19H,1-6H2,(H,16,20). The molecule has 7 heteroatoms. The molecule has 0 bridgehead atoms. The average Bonchev–Trinajstić information content (AvgIpc) is 2.45. The van der Waals surface area contributed by atoms with Crippen molar-refractivity contribution in [2.24, 2.45) is 5.41 Å². The van der Waals surface area contributed by atoms with Crippen LogP contribution in [0.4, 0.5) is 5.82 Å². The number of β-amino-alcohol motifs (C(OH)–C–C–N with tert-alkyl or cyclic N) is 1. The zero-order valence-corrected chi connectivity index (χ0v) is 11.8. The largest absolute Gasteiger partial charge is 0.391 e. The summed E-state index contributed by atoms with van der Waals surface area (Å²) in [6.07, 6.45) is 4.56. The molecule has 0 aliphatic carbocycles. The van der Waals surface area contributed by atoms with Crippen molar-refractivity contribution in [2.75, 3.05) is 24.5 Å². The number of piperidine rings is 2. The monoisotopic (exact) mass is 296 g/mol. The molecule has 1 aromatic rings. The normalized spacial score (nSPS) is 25.6. The molecule has 108 valence electrons. The molecule has 2 saturated heterocycles. The van der Waals surface area contributed by atoms with Gasteiger partial charge in [0.25, 0.3) is 0 Å². The summed E-state index contributed by atoms with van der Waals surface area (Å²) in [5.41, 5.74) is -0.437. The zero-order valence-electron chi connectivity index (χ0n) is 11.0. The molecular weight excluding hydrogens is 280 g/mol. The molecule has 0 radical (unpaired) electrons. The Kier molecular flexibility index (Phi) is 3.52. The van der Waals surface area contributed by atoms with E-state index in [0.29, 0.717) is 49.7 Å². The number of nitrogens with zero attached hydrogens (tertiary/aromatic N) is 3. The number of hydrogen-bond acceptors (Lipinski definition) is 5. The van der Waals surface area contributed by atoms with E-state index in [4.69, 9.17) is 11.6 Å². The van der Waals surface area contributed by atoms with Gasteiger partial charge in [-0.3, -0.25) is 4.79 Å². The van der Waals surface area contributed by atoms with Crippen molar-refractivity contribution in [3.63, 3.8) is 0 Å². The lowest BCUT2D eigenvalue weighted by molar-refractivity contribution is -0.138. The number of aliphatic hydroxyl groups is 1. The van der Waals surface area contributed by atoms with E-state index in [1.807, 2.05) is 0 Å². The van der Waals surface area contributed by atoms with Gasteiger partial charge in [0.05, 0.1) is 17.7 Å². The van der Waals surface area contributed by atoms with Crippen LogP contribution >= 0.6 is 11.6 Å². The fraction of sp³-hybridized carbons (Fsp3) is 0.615. The Morgan fingerprint density at radius 1 is 1.45 bits per heavy atom. The number of aromatic nitrogens is 2. The summed E-state index contributed by atoms with van der Waals surface area (Å²) in [6.45, 7) is 1.77. The van der Waals surface area contributed by atoms with Crippen LogP contribution in [0.3, 0.4) is 0 Å². The molecule has 20 heavy (non-hydrogen) atoms. The van der Waals surface area contributed by atoms with Crippen LogP contribution in [0.2, 0.25) is 5.02 Å². The molecule has 0 aromatic carbocycles. The first-order chi connectivity index (χ1) is 9.61. The summed E-state index contributed by atoms with van der Waals surface area (Å²) in [5, 5.41) is 13.1. The van der Waals surface area contributed by atoms with E-state index in [1.165, 1.54) is 6.33 Å². The second-order valence-electron chi connectivity index (χ2n) is 5.53. The zero-order chi connectivity index (χ0) is 14.2. The lowest BCUT2D eigenvalue weighted by Gasteiger charge is -2.44. The third kappa shape index (κ3) is 2.33. The van der Waals surface area contributed by atoms with Gasteiger partial charge in [-0.2, -0.15) is 0 Å². The van der Waals surface area contributed by atoms with Gasteiger partial charge in [-0.05, 0) is 19.3 Å². The Labute approximate surface area is 122 Å². The smallest absolute Gasteiger partial charge is 0.226 e. The van der Waals surface area contributed by atoms with E-state index in [0.717, 1.165) is 0 Å². The highest BCUT2D eigenvalue weighted by Crippen LogP contribution is 2.39. The van der Waals surface area contributed by atoms with E-state index in [-0.39, 0.29) is 5.91 Å². The minimum absolute atomic E-state index is 0.0660. The van der Waals surface area contributed by atoms with E-state index >= 15 is 0 Å². The highest BCUT2D eigenvalue weighted by Gasteiger charge is 2.45. The van der Waals surface area contributed by atoms with Gasteiger partial charge >= 0.3 is 0 Å². The Bertz CT molecular complexity index is 517. The molecule has 1 atom stereocenters. The van der Waals surface area contributed by atoms with Crippen LogP contribution in [0.25, 0.3) is 0 Å². The SMILES string of the molecule is O=C1NCC(O)CC12CCN(c1ncncc1Cl)CC2. The predicted octanol–water partition coefficient (Wildman–Crippen LogP) is 0.597. The van der Waals surface area contributed by atoms with Crippen LogP contribution in [0, 0.1) is 5.41 Å². The number of nitrogens with one attached hydrogen (secondary N) is 1. The van der Waals surface area contributed by atoms with E-state index in [9.17, 15) is 9.90 Å². The van der Waals surface area contributed by atoms with E-state index in [1.54, 1.807) is 6.20 Å². The lowest BCUT2D eigenvalue weighted by Crippen LogP contribution is -2.56. The first-order valence-electron chi connectivity index (χ1n) is 6.77. The lowest BCUT2D eigenvalue weighted by atomic mass is 9.71. The van der Waals surface area contributed by atoms with Gasteiger partial charge in [0.15, 0.2) is 5.82 Å². The number of anilines is 1. The maximum absolute atomic E-state index is 12.1. The third-order valence-corrected chi connectivity index (χ3v) is 4.54. The maximum atomic E-state index is 12.1. The van der Waals surface area contributed by atoms with Crippen molar-refractivity contribution >= 4 is 23.3 Å². The summed E-state index contributed by atoms with van der Waals surface area (Å²) in [4.78, 5) is 22.3. The van der Waals surface area contributed by atoms with Crippen LogP contribution in [0.15, 0.2) is 12.5 Å². The van der Waals surface area contributed by atoms with Crippen molar-refractivity contribution in [3.05, 3.63) is 17.5 Å². The van der Waals surface area contributed by atoms with Crippen molar-refractivity contribution in [3.8, 4) is 0 Å². The number of amides is 1. The van der Waals surface area contributed by atoms with Gasteiger partial charge < -0.3 is 15.3 Å². The summed E-state index contributed by atoms with van der Waals surface area (Å²) < 4.78 is 0. The van der Waals surface area contributed by atoms with E-state index < -0.39 is 11.5 Å². The highest BCUT2D eigenvalue weighted by molar-refractivity contribution is 6.32. The summed E-state index contributed by atoms with van der Waals surface area (Å²) >= 11 is 6.10. The number of hydrogen-bond donors (Lipinski definition) is 2. The molecule has 1 aromatic heterocycles. The quantitative estimate of drug-likeness (QED) is 0.793. The van der Waals surface area contributed by atoms with Gasteiger partial charge in [-0.25, -0.2) is 9.97 Å². The minimum atomic E-state index is -0.443. The molecule has 3 rings (SSSR count). The minimum Gasteiger partial charge on any atom is -0.391 e. The Morgan fingerprint density at radius 2 is 2.20 bits per heavy atom. The molecule has 1 spiro atoms. The summed E-state index contributed by atoms with van der Waals surface area (Å²) in [6, 6.07) is 0. The average molecular weight is 297 g/mol. The van der Waals surface area contributed by atoms with Gasteiger partial charge in [0.1, 0.15) is 11.3 Å². The van der Waals surface area contributed by atoms with Gasteiger partial charge in [0, 0.05) is 19.6 Å². The first-order valence-corrected chi connectivity index (χ1v) is 7.15. The van der Waals surface area contributed by atoms with Crippen molar-refractivity contribution in [2.45, 2.75) is 25.4 Å². The maximum Gasteiger partial charge on any atom is 0.226 e. The van der Waals surface area contributed by atoms with E-state index in [2.05, 4.69) is 20.2 Å². The second kappa shape index (κ2) is 5.18. The van der Waals surface area contributed by atoms with Crippen molar-refractivity contribution in [1.29, 1.82) is 0 Å². The number of carbonyl (C=O) groups excluding carboxylic acids is 1. The van der Waals surface area contributed by atoms with Crippen LogP contribution in [-0.2, 0) is 4.79 Å². The Balaban J connectivity index is 1.73. The Morgan fingerprint density at radius 3 is 2.90 bits per heavy atom. The van der Waals surface area contributed by atoms with Gasteiger partial charge in [0.2, 0.25) is 5.91 Å². The van der Waals surface area contributed by atoms with Crippen LogP contribution in [-0.4, -0.2) is 46.7 Å². The molecule has 6 nitrogen and oxygen atoms in total. The molecule has 2 aliphatic rings. The molecule has 2 fully saturated rings. The van der Waals surface area contributed by atoms with Crippen LogP contribution < -0.4 is 10.2 Å². The van der Waals surface area contributed by atoms with Crippen LogP contribution in [0.5, 0.6) is 0 Å². The molecule has 3 heterocycles. The first kappa shape index (κ1) is 13.6. The molecule has 1 amide bonds. The highest BCUT2D eigenvalue weighted by atomic mass is 35.5. The fourth-order valence-electron chi connectivity index (χ4n) is 3.13. The summed E-state index contributed by atoms with van der Waals surface area (Å²) in [5.74, 6) is 0.782. The number of aliphatic hydroxyl groups excluding tert-OH is 1. The number of carbonyl (C=O) groups is 1. The van der Waals surface area contributed by atoms with Crippen molar-refractivity contribution < 1.29 is 9.90 Å². The molecule has 1 unspecified atom stereocenters.